The third-order valence-electron chi connectivity index (χ3n) is 2.39. The molecule has 0 spiro atoms. The predicted octanol–water partition coefficient (Wildman–Crippen LogP) is 2.44. The summed E-state index contributed by atoms with van der Waals surface area (Å²) in [6.07, 6.45) is 2.56. The topological polar surface area (TPSA) is 55.8 Å². The number of carbonyl (C=O) groups is 1. The summed E-state index contributed by atoms with van der Waals surface area (Å²) < 4.78 is 10.4. The number of thioether (sulfide) groups is 1. The highest BCUT2D eigenvalue weighted by molar-refractivity contribution is 7.98. The number of rotatable bonds is 6. The van der Waals surface area contributed by atoms with Crippen LogP contribution in [0.15, 0.2) is 17.0 Å². The van der Waals surface area contributed by atoms with Crippen LogP contribution in [0.5, 0.6) is 11.5 Å². The monoisotopic (exact) mass is 256 g/mol. The van der Waals surface area contributed by atoms with Crippen molar-refractivity contribution in [1.82, 2.24) is 0 Å². The average Bonchev–Trinajstić information content (AvgIpc) is 2.34. The third-order valence-corrected chi connectivity index (χ3v) is 3.21. The SMILES string of the molecule is COc1cc(CCC(=O)O)c(SC)cc1OC. The summed E-state index contributed by atoms with van der Waals surface area (Å²) in [5, 5.41) is 8.70. The van der Waals surface area contributed by atoms with E-state index < -0.39 is 5.97 Å². The normalized spacial score (nSPS) is 10.1. The second-order valence-electron chi connectivity index (χ2n) is 3.41. The van der Waals surface area contributed by atoms with E-state index in [1.807, 2.05) is 18.4 Å². The highest BCUT2D eigenvalue weighted by atomic mass is 32.2. The smallest absolute Gasteiger partial charge is 0.303 e. The second-order valence-corrected chi connectivity index (χ2v) is 4.26. The number of hydrogen-bond donors (Lipinski definition) is 1. The molecule has 0 aliphatic rings. The summed E-state index contributed by atoms with van der Waals surface area (Å²) in [5.74, 6) is 0.494. The first kappa shape index (κ1) is 13.7. The van der Waals surface area contributed by atoms with Gasteiger partial charge < -0.3 is 14.6 Å². The van der Waals surface area contributed by atoms with E-state index in [2.05, 4.69) is 0 Å². The lowest BCUT2D eigenvalue weighted by atomic mass is 10.1. The number of carboxylic acid groups (broad SMARTS) is 1. The van der Waals surface area contributed by atoms with Gasteiger partial charge in [-0.1, -0.05) is 0 Å². The minimum Gasteiger partial charge on any atom is -0.493 e. The molecule has 0 heterocycles. The zero-order valence-electron chi connectivity index (χ0n) is 10.1. The number of carboxylic acids is 1. The molecule has 17 heavy (non-hydrogen) atoms. The summed E-state index contributed by atoms with van der Waals surface area (Å²) in [7, 11) is 3.15. The van der Waals surface area contributed by atoms with Gasteiger partial charge in [0.1, 0.15) is 0 Å². The Morgan fingerprint density at radius 2 is 1.88 bits per heavy atom. The fourth-order valence-electron chi connectivity index (χ4n) is 1.53. The molecule has 0 aromatic heterocycles. The standard InChI is InChI=1S/C12H16O4S/c1-15-9-6-8(4-5-12(13)14)11(17-3)7-10(9)16-2/h6-7H,4-5H2,1-3H3,(H,13,14). The Hall–Kier alpha value is -1.36. The molecule has 0 aliphatic heterocycles. The van der Waals surface area contributed by atoms with Crippen molar-refractivity contribution in [2.75, 3.05) is 20.5 Å². The summed E-state index contributed by atoms with van der Waals surface area (Å²) >= 11 is 1.57. The fourth-order valence-corrected chi connectivity index (χ4v) is 2.18. The number of aliphatic carboxylic acids is 1. The first-order valence-electron chi connectivity index (χ1n) is 5.13. The fraction of sp³-hybridized carbons (Fsp3) is 0.417. The maximum Gasteiger partial charge on any atom is 0.303 e. The Morgan fingerprint density at radius 3 is 2.35 bits per heavy atom. The predicted molar refractivity (Wildman–Crippen MR) is 67.3 cm³/mol. The van der Waals surface area contributed by atoms with Crippen molar-refractivity contribution >= 4 is 17.7 Å². The molecule has 0 radical (unpaired) electrons. The van der Waals surface area contributed by atoms with Crippen LogP contribution in [-0.4, -0.2) is 31.6 Å². The van der Waals surface area contributed by atoms with Crippen molar-refractivity contribution in [2.24, 2.45) is 0 Å². The van der Waals surface area contributed by atoms with Gasteiger partial charge in [0, 0.05) is 11.3 Å². The van der Waals surface area contributed by atoms with E-state index >= 15 is 0 Å². The summed E-state index contributed by atoms with van der Waals surface area (Å²) in [6, 6.07) is 3.72. The first-order chi connectivity index (χ1) is 8.12. The Bertz CT molecular complexity index is 404. The van der Waals surface area contributed by atoms with Crippen LogP contribution in [0.1, 0.15) is 12.0 Å². The molecule has 1 aromatic rings. The highest BCUT2D eigenvalue weighted by Gasteiger charge is 2.11. The van der Waals surface area contributed by atoms with Gasteiger partial charge in [-0.3, -0.25) is 4.79 Å². The molecule has 0 saturated heterocycles. The van der Waals surface area contributed by atoms with E-state index in [4.69, 9.17) is 14.6 Å². The molecule has 0 unspecified atom stereocenters. The summed E-state index contributed by atoms with van der Waals surface area (Å²) in [4.78, 5) is 11.6. The van der Waals surface area contributed by atoms with E-state index in [0.717, 1.165) is 10.5 Å². The number of methoxy groups -OCH3 is 2. The Morgan fingerprint density at radius 1 is 1.29 bits per heavy atom. The third kappa shape index (κ3) is 3.56. The number of ether oxygens (including phenoxy) is 2. The van der Waals surface area contributed by atoms with Crippen molar-refractivity contribution < 1.29 is 19.4 Å². The van der Waals surface area contributed by atoms with Crippen LogP contribution in [0.25, 0.3) is 0 Å². The van der Waals surface area contributed by atoms with Gasteiger partial charge in [0.05, 0.1) is 14.2 Å². The first-order valence-corrected chi connectivity index (χ1v) is 6.35. The summed E-state index contributed by atoms with van der Waals surface area (Å²) in [5.41, 5.74) is 0.970. The van der Waals surface area contributed by atoms with Crippen LogP contribution in [0, 0.1) is 0 Å². The Labute approximate surface area is 105 Å². The molecule has 0 aliphatic carbocycles. The van der Waals surface area contributed by atoms with Gasteiger partial charge in [-0.2, -0.15) is 0 Å². The van der Waals surface area contributed by atoms with E-state index in [1.54, 1.807) is 26.0 Å². The molecule has 0 atom stereocenters. The van der Waals surface area contributed by atoms with E-state index in [9.17, 15) is 4.79 Å². The minimum absolute atomic E-state index is 0.114. The van der Waals surface area contributed by atoms with Crippen LogP contribution in [0.3, 0.4) is 0 Å². The van der Waals surface area contributed by atoms with Crippen LogP contribution in [0.2, 0.25) is 0 Å². The molecule has 1 N–H and O–H groups in total. The molecule has 94 valence electrons. The highest BCUT2D eigenvalue weighted by Crippen LogP contribution is 2.35. The largest absolute Gasteiger partial charge is 0.493 e. The van der Waals surface area contributed by atoms with Gasteiger partial charge >= 0.3 is 5.97 Å². The molecular formula is C12H16O4S. The van der Waals surface area contributed by atoms with Crippen molar-refractivity contribution in [3.05, 3.63) is 17.7 Å². The van der Waals surface area contributed by atoms with Gasteiger partial charge in [-0.15, -0.1) is 11.8 Å². The van der Waals surface area contributed by atoms with Crippen molar-refractivity contribution in [2.45, 2.75) is 17.7 Å². The number of aryl methyl sites for hydroxylation is 1. The van der Waals surface area contributed by atoms with Crippen molar-refractivity contribution in [3.63, 3.8) is 0 Å². The molecular weight excluding hydrogens is 240 g/mol. The van der Waals surface area contributed by atoms with Gasteiger partial charge in [-0.05, 0) is 30.4 Å². The molecule has 0 saturated carbocycles. The van der Waals surface area contributed by atoms with Gasteiger partial charge in [0.25, 0.3) is 0 Å². The lowest BCUT2D eigenvalue weighted by Crippen LogP contribution is -2.00. The van der Waals surface area contributed by atoms with Crippen molar-refractivity contribution in [3.8, 4) is 11.5 Å². The van der Waals surface area contributed by atoms with E-state index in [1.165, 1.54) is 0 Å². The number of hydrogen-bond acceptors (Lipinski definition) is 4. The van der Waals surface area contributed by atoms with Gasteiger partial charge in [0.2, 0.25) is 0 Å². The maximum absolute atomic E-state index is 10.6. The van der Waals surface area contributed by atoms with Crippen LogP contribution in [0.4, 0.5) is 0 Å². The van der Waals surface area contributed by atoms with Gasteiger partial charge in [0.15, 0.2) is 11.5 Å². The molecule has 4 nitrogen and oxygen atoms in total. The Balaban J connectivity index is 3.05. The lowest BCUT2D eigenvalue weighted by Gasteiger charge is -2.13. The zero-order valence-corrected chi connectivity index (χ0v) is 11.0. The minimum atomic E-state index is -0.799. The van der Waals surface area contributed by atoms with Crippen LogP contribution < -0.4 is 9.47 Å². The molecule has 0 bridgehead atoms. The molecule has 1 aromatic carbocycles. The summed E-state index contributed by atoms with van der Waals surface area (Å²) in [6.45, 7) is 0. The Kier molecular flexibility index (Phi) is 5.15. The van der Waals surface area contributed by atoms with E-state index in [-0.39, 0.29) is 6.42 Å². The number of benzene rings is 1. The van der Waals surface area contributed by atoms with Gasteiger partial charge in [-0.25, -0.2) is 0 Å². The molecule has 0 amide bonds. The average molecular weight is 256 g/mol. The lowest BCUT2D eigenvalue weighted by molar-refractivity contribution is -0.136. The molecule has 1 rings (SSSR count). The molecule has 5 heteroatoms. The molecule has 0 fully saturated rings. The quantitative estimate of drug-likeness (QED) is 0.792. The second kappa shape index (κ2) is 6.39. The van der Waals surface area contributed by atoms with Crippen molar-refractivity contribution in [1.29, 1.82) is 0 Å². The zero-order chi connectivity index (χ0) is 12.8. The van der Waals surface area contributed by atoms with Crippen LogP contribution >= 0.6 is 11.8 Å². The maximum atomic E-state index is 10.6. The van der Waals surface area contributed by atoms with E-state index in [0.29, 0.717) is 17.9 Å². The van der Waals surface area contributed by atoms with Crippen LogP contribution in [-0.2, 0) is 11.2 Å².